The normalized spacial score (nSPS) is 5.25. The van der Waals surface area contributed by atoms with E-state index in [1.807, 2.05) is 0 Å². The molecule has 0 aromatic rings. The fourth-order valence-electron chi connectivity index (χ4n) is 0. The van der Waals surface area contributed by atoms with E-state index in [1.165, 1.54) is 0 Å². The van der Waals surface area contributed by atoms with Crippen LogP contribution >= 0.6 is 8.69 Å². The Kier molecular flexibility index (Phi) is 19.9. The van der Waals surface area contributed by atoms with Crippen LogP contribution in [0.3, 0.4) is 0 Å². The molecule has 0 fully saturated rings. The van der Waals surface area contributed by atoms with E-state index < -0.39 is 8.69 Å². The maximum absolute atomic E-state index is 8.46. The van der Waals surface area contributed by atoms with Crippen LogP contribution in [-0.2, 0) is 4.57 Å². The zero-order chi connectivity index (χ0) is 2.71. The molecule has 4 heteroatoms. The summed E-state index contributed by atoms with van der Waals surface area (Å²) in [5, 5.41) is 0. The maximum atomic E-state index is 8.46. The summed E-state index contributed by atoms with van der Waals surface area (Å²) in [6, 6.07) is 0. The molecular formula is HErO2P. The third kappa shape index (κ3) is 10.3. The molecule has 0 aliphatic heterocycles. The topological polar surface area (TPSA) is 37.3 Å². The Morgan fingerprint density at radius 1 is 1.75 bits per heavy atom. The number of rotatable bonds is 0. The molecule has 0 aromatic carbocycles. The average molecular weight is 231 g/mol. The standard InChI is InChI=1S/Er.HO2P/c;1-3-2/h;(H,1,2). The zero-order valence-corrected chi connectivity index (χ0v) is 4.34. The van der Waals surface area contributed by atoms with Crippen molar-refractivity contribution < 1.29 is 46.8 Å². The van der Waals surface area contributed by atoms with Gasteiger partial charge < -0.3 is 4.89 Å². The molecule has 0 aromatic heterocycles. The Labute approximate surface area is 55.1 Å². The first kappa shape index (κ1) is 9.00. The Morgan fingerprint density at radius 3 is 1.75 bits per heavy atom. The predicted octanol–water partition coefficient (Wildman–Crippen LogP) is 0.185. The Hall–Kier alpha value is 1.31. The van der Waals surface area contributed by atoms with Crippen molar-refractivity contribution in [3.05, 3.63) is 0 Å². The smallest absolute Gasteiger partial charge is 0.310 e. The van der Waals surface area contributed by atoms with Crippen molar-refractivity contribution in [3.8, 4) is 0 Å². The van der Waals surface area contributed by atoms with E-state index in [2.05, 4.69) is 0 Å². The van der Waals surface area contributed by atoms with Gasteiger partial charge in [-0.25, -0.2) is 4.57 Å². The van der Waals surface area contributed by atoms with Crippen LogP contribution in [0.25, 0.3) is 0 Å². The van der Waals surface area contributed by atoms with E-state index in [4.69, 9.17) is 9.46 Å². The minimum absolute atomic E-state index is 0. The predicted molar refractivity (Wildman–Crippen MR) is 9.83 cm³/mol. The van der Waals surface area contributed by atoms with Crippen LogP contribution in [0.1, 0.15) is 0 Å². The maximum Gasteiger partial charge on any atom is 0.324 e. The molecule has 0 bridgehead atoms. The van der Waals surface area contributed by atoms with Crippen LogP contribution in [-0.4, -0.2) is 4.89 Å². The molecule has 0 unspecified atom stereocenters. The summed E-state index contributed by atoms with van der Waals surface area (Å²) in [4.78, 5) is 6.99. The van der Waals surface area contributed by atoms with Gasteiger partial charge in [-0.05, 0) is 0 Å². The summed E-state index contributed by atoms with van der Waals surface area (Å²) in [6.45, 7) is 0. The van der Waals surface area contributed by atoms with E-state index in [0.717, 1.165) is 0 Å². The summed E-state index contributed by atoms with van der Waals surface area (Å²) in [7, 11) is -0.833. The molecule has 0 heterocycles. The molecule has 0 rings (SSSR count). The molecule has 30 valence electrons. The third-order valence-corrected chi connectivity index (χ3v) is 0. The quantitative estimate of drug-likeness (QED) is 0.604. The molecule has 0 amide bonds. The van der Waals surface area contributed by atoms with Crippen LogP contribution < -0.4 is 0 Å². The molecule has 4 heavy (non-hydrogen) atoms. The molecule has 0 aliphatic rings. The summed E-state index contributed by atoms with van der Waals surface area (Å²) < 4.78 is 8.46. The third-order valence-electron chi connectivity index (χ3n) is 0. The second-order valence-electron chi connectivity index (χ2n) is 0.0816. The summed E-state index contributed by atoms with van der Waals surface area (Å²) in [5.41, 5.74) is 0. The largest absolute Gasteiger partial charge is 0.324 e. The fourth-order valence-corrected chi connectivity index (χ4v) is 0. The first-order valence-corrected chi connectivity index (χ1v) is 1.15. The van der Waals surface area contributed by atoms with Crippen molar-refractivity contribution in [2.45, 2.75) is 0 Å². The second-order valence-corrected chi connectivity index (χ2v) is 0.245. The van der Waals surface area contributed by atoms with Gasteiger partial charge in [0.1, 0.15) is 0 Å². The molecule has 0 aliphatic carbocycles. The fraction of sp³-hybridized carbons (Fsp3) is 0. The minimum atomic E-state index is -0.833. The molecule has 0 spiro atoms. The van der Waals surface area contributed by atoms with Gasteiger partial charge in [0.25, 0.3) is 0 Å². The van der Waals surface area contributed by atoms with Crippen molar-refractivity contribution in [1.29, 1.82) is 0 Å². The van der Waals surface area contributed by atoms with Gasteiger partial charge in [-0.1, -0.05) is 0 Å². The molecule has 0 saturated carbocycles. The Morgan fingerprint density at radius 2 is 1.75 bits per heavy atom. The second kappa shape index (κ2) is 8.85. The summed E-state index contributed by atoms with van der Waals surface area (Å²) in [6.07, 6.45) is 0. The van der Waals surface area contributed by atoms with Crippen LogP contribution in [0.5, 0.6) is 0 Å². The van der Waals surface area contributed by atoms with Gasteiger partial charge in [-0.15, -0.1) is 0 Å². The van der Waals surface area contributed by atoms with Gasteiger partial charge in [-0.3, -0.25) is 0 Å². The molecular weight excluding hydrogens is 230 g/mol. The average Bonchev–Trinajstić information content (AvgIpc) is 0.918. The molecule has 2 nitrogen and oxygen atoms in total. The van der Waals surface area contributed by atoms with Gasteiger partial charge >= 0.3 is 8.69 Å². The van der Waals surface area contributed by atoms with Gasteiger partial charge in [0.15, 0.2) is 0 Å². The Bertz CT molecular complexity index is 13.5. The minimum Gasteiger partial charge on any atom is -0.310 e. The van der Waals surface area contributed by atoms with Crippen LogP contribution in [0.15, 0.2) is 0 Å². The molecule has 0 radical (unpaired) electrons. The van der Waals surface area contributed by atoms with E-state index in [1.54, 1.807) is 0 Å². The monoisotopic (exact) mass is 230 g/mol. The first-order chi connectivity index (χ1) is 1.41. The van der Waals surface area contributed by atoms with Gasteiger partial charge in [0.05, 0.1) is 0 Å². The molecule has 0 saturated heterocycles. The van der Waals surface area contributed by atoms with E-state index in [9.17, 15) is 0 Å². The van der Waals surface area contributed by atoms with Gasteiger partial charge in [0.2, 0.25) is 0 Å². The molecule has 1 N–H and O–H groups in total. The van der Waals surface area contributed by atoms with Crippen molar-refractivity contribution in [1.82, 2.24) is 0 Å². The van der Waals surface area contributed by atoms with Crippen LogP contribution in [0.4, 0.5) is 0 Å². The van der Waals surface area contributed by atoms with Gasteiger partial charge in [-0.2, -0.15) is 0 Å². The number of hydrogen-bond donors (Lipinski definition) is 1. The number of hydrogen-bond acceptors (Lipinski definition) is 1. The molecule has 0 atom stereocenters. The summed E-state index contributed by atoms with van der Waals surface area (Å²) >= 11 is 0. The van der Waals surface area contributed by atoms with Crippen molar-refractivity contribution in [2.75, 3.05) is 0 Å². The van der Waals surface area contributed by atoms with Crippen molar-refractivity contribution in [3.63, 3.8) is 0 Å². The van der Waals surface area contributed by atoms with Gasteiger partial charge in [0, 0.05) is 37.3 Å². The Balaban J connectivity index is 0. The van der Waals surface area contributed by atoms with E-state index in [0.29, 0.717) is 0 Å². The zero-order valence-electron chi connectivity index (χ0n) is 1.59. The first-order valence-electron chi connectivity index (χ1n) is 0.383. The van der Waals surface area contributed by atoms with Crippen LogP contribution in [0, 0.1) is 37.3 Å². The van der Waals surface area contributed by atoms with Crippen molar-refractivity contribution >= 4 is 8.69 Å². The summed E-state index contributed by atoms with van der Waals surface area (Å²) in [5.74, 6) is 0. The van der Waals surface area contributed by atoms with E-state index >= 15 is 0 Å². The SMILES string of the molecule is O=PO.[Er]. The van der Waals surface area contributed by atoms with Crippen molar-refractivity contribution in [2.24, 2.45) is 0 Å². The van der Waals surface area contributed by atoms with E-state index in [-0.39, 0.29) is 37.3 Å². The van der Waals surface area contributed by atoms with Crippen LogP contribution in [0.2, 0.25) is 0 Å².